The second-order valence-corrected chi connectivity index (χ2v) is 8.01. The van der Waals surface area contributed by atoms with Crippen LogP contribution < -0.4 is 0 Å². The lowest BCUT2D eigenvalue weighted by Crippen LogP contribution is -2.42. The molecule has 1 aliphatic heterocycles. The fraction of sp³-hybridized carbons (Fsp3) is 0.455. The number of halogens is 1. The van der Waals surface area contributed by atoms with Crippen molar-refractivity contribution in [3.05, 3.63) is 64.4 Å². The summed E-state index contributed by atoms with van der Waals surface area (Å²) < 4.78 is 0. The van der Waals surface area contributed by atoms with Crippen LogP contribution in [-0.2, 0) is 13.0 Å². The first-order valence-electron chi connectivity index (χ1n) is 9.83. The predicted octanol–water partition coefficient (Wildman–Crippen LogP) is 3.25. The third kappa shape index (κ3) is 5.77. The van der Waals surface area contributed by atoms with E-state index in [1.807, 2.05) is 19.2 Å². The molecule has 1 saturated heterocycles. The SMILES string of the molecule is CN(C[C@H]1CCCN(CCc2ccc(Cl)cc2)C1)C(=O)c1cc(CO)ccn1. The standard InChI is InChI=1S/C22H28ClN3O2/c1-25(22(28)21-13-18(16-27)8-10-24-21)14-19-3-2-11-26(15-19)12-9-17-4-6-20(23)7-5-17/h4-8,10,13,19,27H,2-3,9,11-12,14-16H2,1H3/t19-/m1/s1. The number of hydrogen-bond donors (Lipinski definition) is 1. The quantitative estimate of drug-likeness (QED) is 0.773. The number of benzene rings is 1. The average molecular weight is 402 g/mol. The Morgan fingerprint density at radius 1 is 1.29 bits per heavy atom. The van der Waals surface area contributed by atoms with Crippen LogP contribution in [0.25, 0.3) is 0 Å². The van der Waals surface area contributed by atoms with Crippen LogP contribution in [0, 0.1) is 5.92 Å². The molecule has 1 aliphatic rings. The Balaban J connectivity index is 1.50. The number of aliphatic hydroxyl groups is 1. The van der Waals surface area contributed by atoms with Crippen molar-refractivity contribution in [1.29, 1.82) is 0 Å². The zero-order valence-electron chi connectivity index (χ0n) is 16.4. The van der Waals surface area contributed by atoms with Crippen molar-refractivity contribution in [3.8, 4) is 0 Å². The largest absolute Gasteiger partial charge is 0.392 e. The first-order chi connectivity index (χ1) is 13.5. The van der Waals surface area contributed by atoms with Gasteiger partial charge in [-0.25, -0.2) is 0 Å². The number of piperidine rings is 1. The molecule has 1 aromatic heterocycles. The van der Waals surface area contributed by atoms with Crippen LogP contribution in [-0.4, -0.2) is 59.0 Å². The summed E-state index contributed by atoms with van der Waals surface area (Å²) in [5.74, 6) is 0.377. The van der Waals surface area contributed by atoms with Gasteiger partial charge in [0.25, 0.3) is 5.91 Å². The summed E-state index contributed by atoms with van der Waals surface area (Å²) >= 11 is 5.96. The van der Waals surface area contributed by atoms with Gasteiger partial charge in [-0.3, -0.25) is 9.78 Å². The molecular weight excluding hydrogens is 374 g/mol. The summed E-state index contributed by atoms with van der Waals surface area (Å²) in [4.78, 5) is 21.1. The number of nitrogens with zero attached hydrogens (tertiary/aromatic N) is 3. The molecule has 150 valence electrons. The van der Waals surface area contributed by atoms with Gasteiger partial charge in [0, 0.05) is 37.9 Å². The van der Waals surface area contributed by atoms with E-state index >= 15 is 0 Å². The monoisotopic (exact) mass is 401 g/mol. The highest BCUT2D eigenvalue weighted by atomic mass is 35.5. The third-order valence-electron chi connectivity index (χ3n) is 5.34. The second-order valence-electron chi connectivity index (χ2n) is 7.58. The summed E-state index contributed by atoms with van der Waals surface area (Å²) in [6.07, 6.45) is 4.88. The summed E-state index contributed by atoms with van der Waals surface area (Å²) in [5, 5.41) is 10.0. The van der Waals surface area contributed by atoms with Crippen molar-refractivity contribution < 1.29 is 9.90 Å². The summed E-state index contributed by atoms with van der Waals surface area (Å²) in [5.41, 5.74) is 2.40. The van der Waals surface area contributed by atoms with Gasteiger partial charge >= 0.3 is 0 Å². The van der Waals surface area contributed by atoms with E-state index < -0.39 is 0 Å². The van der Waals surface area contributed by atoms with Gasteiger partial charge in [0.05, 0.1) is 6.61 Å². The Hall–Kier alpha value is -1.95. The van der Waals surface area contributed by atoms with Crippen LogP contribution in [0.5, 0.6) is 0 Å². The van der Waals surface area contributed by atoms with Crippen molar-refractivity contribution in [3.63, 3.8) is 0 Å². The Labute approximate surface area is 171 Å². The van der Waals surface area contributed by atoms with E-state index in [0.717, 1.165) is 50.5 Å². The van der Waals surface area contributed by atoms with Gasteiger partial charge in [-0.2, -0.15) is 0 Å². The number of aliphatic hydroxyl groups excluding tert-OH is 1. The van der Waals surface area contributed by atoms with Gasteiger partial charge in [-0.05, 0) is 67.1 Å². The van der Waals surface area contributed by atoms with Crippen molar-refractivity contribution in [2.24, 2.45) is 5.92 Å². The molecule has 2 aromatic rings. The van der Waals surface area contributed by atoms with Gasteiger partial charge < -0.3 is 14.9 Å². The minimum absolute atomic E-state index is 0.0856. The van der Waals surface area contributed by atoms with E-state index in [1.54, 1.807) is 23.2 Å². The molecule has 6 heteroatoms. The van der Waals surface area contributed by atoms with E-state index in [4.69, 9.17) is 11.6 Å². The van der Waals surface area contributed by atoms with E-state index in [9.17, 15) is 9.90 Å². The van der Waals surface area contributed by atoms with Gasteiger partial charge in [0.15, 0.2) is 0 Å². The lowest BCUT2D eigenvalue weighted by atomic mass is 9.97. The lowest BCUT2D eigenvalue weighted by Gasteiger charge is -2.34. The number of carbonyl (C=O) groups excluding carboxylic acids is 1. The van der Waals surface area contributed by atoms with Crippen LogP contribution in [0.2, 0.25) is 5.02 Å². The Bertz CT molecular complexity index is 782. The van der Waals surface area contributed by atoms with Gasteiger partial charge in [0.1, 0.15) is 5.69 Å². The molecule has 0 unspecified atom stereocenters. The van der Waals surface area contributed by atoms with E-state index in [2.05, 4.69) is 22.0 Å². The summed E-state index contributed by atoms with van der Waals surface area (Å²) in [7, 11) is 1.84. The van der Waals surface area contributed by atoms with Crippen LogP contribution in [0.15, 0.2) is 42.6 Å². The first kappa shape index (κ1) is 20.8. The number of aromatic nitrogens is 1. The number of rotatable bonds is 7. The first-order valence-corrected chi connectivity index (χ1v) is 10.2. The molecule has 0 spiro atoms. The second kappa shape index (κ2) is 10.0. The molecule has 1 amide bonds. The van der Waals surface area contributed by atoms with Crippen molar-refractivity contribution >= 4 is 17.5 Å². The van der Waals surface area contributed by atoms with E-state index in [1.165, 1.54) is 5.56 Å². The summed E-state index contributed by atoms with van der Waals surface area (Å²) in [6.45, 7) is 3.78. The topological polar surface area (TPSA) is 56.7 Å². The molecule has 0 aliphatic carbocycles. The van der Waals surface area contributed by atoms with Gasteiger partial charge in [-0.15, -0.1) is 0 Å². The average Bonchev–Trinajstić information content (AvgIpc) is 2.73. The number of carbonyl (C=O) groups is 1. The number of amides is 1. The maximum Gasteiger partial charge on any atom is 0.272 e. The predicted molar refractivity (Wildman–Crippen MR) is 111 cm³/mol. The fourth-order valence-electron chi connectivity index (χ4n) is 3.80. The minimum Gasteiger partial charge on any atom is -0.392 e. The molecule has 1 N–H and O–H groups in total. The molecule has 2 heterocycles. The number of likely N-dealkylation sites (tertiary alicyclic amines) is 1. The maximum absolute atomic E-state index is 12.7. The highest BCUT2D eigenvalue weighted by Crippen LogP contribution is 2.19. The molecule has 1 aromatic carbocycles. The Kier molecular flexibility index (Phi) is 7.43. The molecule has 0 saturated carbocycles. The molecule has 0 bridgehead atoms. The highest BCUT2D eigenvalue weighted by molar-refractivity contribution is 6.30. The van der Waals surface area contributed by atoms with Crippen LogP contribution >= 0.6 is 11.6 Å². The molecule has 0 radical (unpaired) electrons. The van der Waals surface area contributed by atoms with Crippen LogP contribution in [0.1, 0.15) is 34.5 Å². The molecule has 1 atom stereocenters. The smallest absolute Gasteiger partial charge is 0.272 e. The molecular formula is C22H28ClN3O2. The number of hydrogen-bond acceptors (Lipinski definition) is 4. The van der Waals surface area contributed by atoms with E-state index in [-0.39, 0.29) is 12.5 Å². The normalized spacial score (nSPS) is 17.5. The van der Waals surface area contributed by atoms with E-state index in [0.29, 0.717) is 17.2 Å². The highest BCUT2D eigenvalue weighted by Gasteiger charge is 2.23. The van der Waals surface area contributed by atoms with Gasteiger partial charge in [0.2, 0.25) is 0 Å². The van der Waals surface area contributed by atoms with Crippen molar-refractivity contribution in [2.75, 3.05) is 33.2 Å². The molecule has 3 rings (SSSR count). The minimum atomic E-state index is -0.0893. The van der Waals surface area contributed by atoms with Crippen LogP contribution in [0.3, 0.4) is 0 Å². The number of pyridine rings is 1. The van der Waals surface area contributed by atoms with Crippen molar-refractivity contribution in [1.82, 2.24) is 14.8 Å². The lowest BCUT2D eigenvalue weighted by molar-refractivity contribution is 0.0724. The zero-order chi connectivity index (χ0) is 19.9. The molecule has 28 heavy (non-hydrogen) atoms. The van der Waals surface area contributed by atoms with Crippen molar-refractivity contribution in [2.45, 2.75) is 25.9 Å². The Morgan fingerprint density at radius 2 is 2.07 bits per heavy atom. The van der Waals surface area contributed by atoms with Crippen LogP contribution in [0.4, 0.5) is 0 Å². The molecule has 1 fully saturated rings. The fourth-order valence-corrected chi connectivity index (χ4v) is 3.92. The zero-order valence-corrected chi connectivity index (χ0v) is 17.1. The maximum atomic E-state index is 12.7. The Morgan fingerprint density at radius 3 is 2.82 bits per heavy atom. The van der Waals surface area contributed by atoms with Gasteiger partial charge in [-0.1, -0.05) is 23.7 Å². The summed E-state index contributed by atoms with van der Waals surface area (Å²) in [6, 6.07) is 11.4. The molecule has 5 nitrogen and oxygen atoms in total. The third-order valence-corrected chi connectivity index (χ3v) is 5.59.